The standard InChI is InChI=1S/C16H14FN3.C2H6/c1-11-15-9-13(17)6-7-16(15)19-12(2)20(11)10-14-5-3-4-8-18-14;1-2/h3-9H,1,10H2,2H3;1-2H3. The number of aliphatic imine (C=N–C) groups is 1. The normalized spacial score (nSPS) is 13.0. The van der Waals surface area contributed by atoms with Crippen LogP contribution >= 0.6 is 0 Å². The Kier molecular flexibility index (Phi) is 5.04. The molecule has 0 N–H and O–H groups in total. The molecule has 3 nitrogen and oxygen atoms in total. The molecule has 0 spiro atoms. The summed E-state index contributed by atoms with van der Waals surface area (Å²) in [5, 5.41) is 0. The zero-order valence-electron chi connectivity index (χ0n) is 13.2. The molecule has 1 aliphatic heterocycles. The molecule has 0 unspecified atom stereocenters. The van der Waals surface area contributed by atoms with Crippen molar-refractivity contribution in [1.29, 1.82) is 0 Å². The first-order valence-electron chi connectivity index (χ1n) is 7.37. The summed E-state index contributed by atoms with van der Waals surface area (Å²) in [7, 11) is 0. The predicted octanol–water partition coefficient (Wildman–Crippen LogP) is 4.78. The molecule has 0 bridgehead atoms. The molecule has 1 aromatic heterocycles. The van der Waals surface area contributed by atoms with Crippen molar-refractivity contribution in [2.24, 2.45) is 4.99 Å². The minimum atomic E-state index is -0.280. The van der Waals surface area contributed by atoms with Gasteiger partial charge in [-0.2, -0.15) is 0 Å². The molecule has 0 atom stereocenters. The Morgan fingerprint density at radius 2 is 1.95 bits per heavy atom. The zero-order valence-corrected chi connectivity index (χ0v) is 13.2. The number of rotatable bonds is 2. The Labute approximate surface area is 130 Å². The third-order valence-corrected chi connectivity index (χ3v) is 3.31. The lowest BCUT2D eigenvalue weighted by Crippen LogP contribution is -2.29. The van der Waals surface area contributed by atoms with Crippen LogP contribution in [0, 0.1) is 5.82 Å². The Morgan fingerprint density at radius 3 is 2.64 bits per heavy atom. The second-order valence-electron chi connectivity index (χ2n) is 4.67. The molecule has 2 aromatic rings. The van der Waals surface area contributed by atoms with Crippen molar-refractivity contribution in [1.82, 2.24) is 9.88 Å². The summed E-state index contributed by atoms with van der Waals surface area (Å²) < 4.78 is 13.4. The fourth-order valence-corrected chi connectivity index (χ4v) is 2.28. The molecule has 0 saturated heterocycles. The topological polar surface area (TPSA) is 28.5 Å². The third kappa shape index (κ3) is 3.22. The Hall–Kier alpha value is -2.49. The van der Waals surface area contributed by atoms with E-state index in [9.17, 15) is 4.39 Å². The van der Waals surface area contributed by atoms with E-state index in [1.54, 1.807) is 12.3 Å². The molecule has 22 heavy (non-hydrogen) atoms. The molecule has 114 valence electrons. The highest BCUT2D eigenvalue weighted by molar-refractivity contribution is 5.96. The minimum Gasteiger partial charge on any atom is -0.324 e. The van der Waals surface area contributed by atoms with Gasteiger partial charge >= 0.3 is 0 Å². The highest BCUT2D eigenvalue weighted by Crippen LogP contribution is 2.34. The second-order valence-corrected chi connectivity index (χ2v) is 4.67. The fourth-order valence-electron chi connectivity index (χ4n) is 2.28. The van der Waals surface area contributed by atoms with Crippen LogP contribution in [0.15, 0.2) is 54.2 Å². The maximum Gasteiger partial charge on any atom is 0.124 e. The first kappa shape index (κ1) is 15.9. The molecule has 3 rings (SSSR count). The number of hydrogen-bond acceptors (Lipinski definition) is 3. The van der Waals surface area contributed by atoms with E-state index < -0.39 is 0 Å². The molecule has 1 aliphatic rings. The molecular formula is C18H20FN3. The first-order chi connectivity index (χ1) is 10.6. The summed E-state index contributed by atoms with van der Waals surface area (Å²) in [5.74, 6) is 0.553. The van der Waals surface area contributed by atoms with E-state index in [4.69, 9.17) is 0 Å². The summed E-state index contributed by atoms with van der Waals surface area (Å²) in [6, 6.07) is 10.3. The quantitative estimate of drug-likeness (QED) is 0.797. The fraction of sp³-hybridized carbons (Fsp3) is 0.222. The summed E-state index contributed by atoms with van der Waals surface area (Å²) in [4.78, 5) is 10.8. The van der Waals surface area contributed by atoms with Crippen LogP contribution in [0.2, 0.25) is 0 Å². The van der Waals surface area contributed by atoms with Crippen LogP contribution in [-0.4, -0.2) is 15.7 Å². The van der Waals surface area contributed by atoms with Crippen molar-refractivity contribution in [3.63, 3.8) is 0 Å². The van der Waals surface area contributed by atoms with Crippen LogP contribution in [0.4, 0.5) is 10.1 Å². The lowest BCUT2D eigenvalue weighted by Gasteiger charge is -2.30. The van der Waals surface area contributed by atoms with Gasteiger partial charge in [-0.05, 0) is 37.3 Å². The highest BCUT2D eigenvalue weighted by atomic mass is 19.1. The molecule has 0 radical (unpaired) electrons. The highest BCUT2D eigenvalue weighted by Gasteiger charge is 2.21. The second kappa shape index (κ2) is 6.98. The molecule has 1 aromatic carbocycles. The van der Waals surface area contributed by atoms with E-state index in [-0.39, 0.29) is 5.82 Å². The van der Waals surface area contributed by atoms with Crippen LogP contribution in [-0.2, 0) is 6.54 Å². The maximum absolute atomic E-state index is 13.4. The maximum atomic E-state index is 13.4. The average molecular weight is 297 g/mol. The van der Waals surface area contributed by atoms with Crippen molar-refractivity contribution < 1.29 is 4.39 Å². The monoisotopic (exact) mass is 297 g/mol. The van der Waals surface area contributed by atoms with Crippen molar-refractivity contribution in [3.05, 3.63) is 66.2 Å². The van der Waals surface area contributed by atoms with Crippen LogP contribution in [0.3, 0.4) is 0 Å². The summed E-state index contributed by atoms with van der Waals surface area (Å²) in [6.45, 7) is 10.6. The summed E-state index contributed by atoms with van der Waals surface area (Å²) in [6.07, 6.45) is 1.75. The number of nitrogens with zero attached hydrogens (tertiary/aromatic N) is 3. The minimum absolute atomic E-state index is 0.280. The smallest absolute Gasteiger partial charge is 0.124 e. The van der Waals surface area contributed by atoms with Crippen LogP contribution in [0.5, 0.6) is 0 Å². The summed E-state index contributed by atoms with van der Waals surface area (Å²) in [5.41, 5.74) is 3.15. The molecule has 0 aliphatic carbocycles. The SMILES string of the molecule is C=C1c2cc(F)ccc2N=C(C)N1Cc1ccccn1.CC. The lowest BCUT2D eigenvalue weighted by atomic mass is 10.1. The third-order valence-electron chi connectivity index (χ3n) is 3.31. The van der Waals surface area contributed by atoms with Gasteiger partial charge < -0.3 is 4.90 Å². The number of halogens is 1. The Morgan fingerprint density at radius 1 is 1.18 bits per heavy atom. The number of aromatic nitrogens is 1. The number of pyridine rings is 1. The molecule has 0 amide bonds. The van der Waals surface area contributed by atoms with Gasteiger partial charge in [-0.15, -0.1) is 0 Å². The van der Waals surface area contributed by atoms with E-state index in [0.29, 0.717) is 6.54 Å². The number of amidine groups is 1. The van der Waals surface area contributed by atoms with Gasteiger partial charge in [0.15, 0.2) is 0 Å². The number of benzene rings is 1. The van der Waals surface area contributed by atoms with E-state index in [1.807, 2.05) is 43.9 Å². The van der Waals surface area contributed by atoms with Crippen LogP contribution < -0.4 is 0 Å². The molecule has 0 saturated carbocycles. The van der Waals surface area contributed by atoms with E-state index in [0.717, 1.165) is 28.5 Å². The van der Waals surface area contributed by atoms with Gasteiger partial charge in [-0.1, -0.05) is 26.5 Å². The van der Waals surface area contributed by atoms with Crippen LogP contribution in [0.25, 0.3) is 5.70 Å². The molecular weight excluding hydrogens is 277 g/mol. The van der Waals surface area contributed by atoms with E-state index in [2.05, 4.69) is 16.6 Å². The van der Waals surface area contributed by atoms with E-state index >= 15 is 0 Å². The van der Waals surface area contributed by atoms with Gasteiger partial charge in [-0.3, -0.25) is 4.98 Å². The van der Waals surface area contributed by atoms with Crippen LogP contribution in [0.1, 0.15) is 32.0 Å². The Balaban J connectivity index is 0.000000847. The molecule has 2 heterocycles. The number of fused-ring (bicyclic) bond motifs is 1. The van der Waals surface area contributed by atoms with Crippen molar-refractivity contribution >= 4 is 17.2 Å². The number of hydrogen-bond donors (Lipinski definition) is 0. The van der Waals surface area contributed by atoms with Gasteiger partial charge in [0.2, 0.25) is 0 Å². The van der Waals surface area contributed by atoms with Gasteiger partial charge in [0.25, 0.3) is 0 Å². The Bertz CT molecular complexity index is 693. The van der Waals surface area contributed by atoms with Gasteiger partial charge in [-0.25, -0.2) is 9.38 Å². The molecule has 4 heteroatoms. The van der Waals surface area contributed by atoms with E-state index in [1.165, 1.54) is 12.1 Å². The van der Waals surface area contributed by atoms with Crippen molar-refractivity contribution in [3.8, 4) is 0 Å². The summed E-state index contributed by atoms with van der Waals surface area (Å²) >= 11 is 0. The van der Waals surface area contributed by atoms with Gasteiger partial charge in [0, 0.05) is 17.5 Å². The van der Waals surface area contributed by atoms with Gasteiger partial charge in [0.1, 0.15) is 11.7 Å². The van der Waals surface area contributed by atoms with Gasteiger partial charge in [0.05, 0.1) is 17.9 Å². The zero-order chi connectivity index (χ0) is 16.1. The average Bonchev–Trinajstić information content (AvgIpc) is 2.55. The first-order valence-corrected chi connectivity index (χ1v) is 7.37. The van der Waals surface area contributed by atoms with Crippen molar-refractivity contribution in [2.75, 3.05) is 0 Å². The molecule has 0 fully saturated rings. The largest absolute Gasteiger partial charge is 0.324 e. The predicted molar refractivity (Wildman–Crippen MR) is 89.3 cm³/mol. The lowest BCUT2D eigenvalue weighted by molar-refractivity contribution is 0.558. The van der Waals surface area contributed by atoms with Crippen molar-refractivity contribution in [2.45, 2.75) is 27.3 Å².